The van der Waals surface area contributed by atoms with Crippen LogP contribution in [0.3, 0.4) is 0 Å². The number of ether oxygens (including phenoxy) is 2. The van der Waals surface area contributed by atoms with Crippen LogP contribution >= 0.6 is 0 Å². The van der Waals surface area contributed by atoms with E-state index >= 15 is 0 Å². The maximum atomic E-state index is 10.9. The lowest BCUT2D eigenvalue weighted by molar-refractivity contribution is -0.139. The standard InChI is InChI=1S/C14H21NO3/c1-10-7-12(13(17-3)8-11(10)2)5-6-15-9-14(16)18-4/h7-8,15H,5-6,9H2,1-4H3. The van der Waals surface area contributed by atoms with E-state index in [0.717, 1.165) is 17.7 Å². The predicted octanol–water partition coefficient (Wildman–Crippen LogP) is 1.62. The van der Waals surface area contributed by atoms with Gasteiger partial charge in [0.15, 0.2) is 0 Å². The van der Waals surface area contributed by atoms with E-state index in [9.17, 15) is 4.79 Å². The number of esters is 1. The van der Waals surface area contributed by atoms with Crippen LogP contribution in [0.2, 0.25) is 0 Å². The van der Waals surface area contributed by atoms with Crippen molar-refractivity contribution >= 4 is 5.97 Å². The average Bonchev–Trinajstić information content (AvgIpc) is 2.37. The lowest BCUT2D eigenvalue weighted by atomic mass is 10.0. The van der Waals surface area contributed by atoms with Crippen LogP contribution in [0.1, 0.15) is 16.7 Å². The predicted molar refractivity (Wildman–Crippen MR) is 71.1 cm³/mol. The Hall–Kier alpha value is -1.55. The fourth-order valence-electron chi connectivity index (χ4n) is 1.72. The number of carbonyl (C=O) groups is 1. The van der Waals surface area contributed by atoms with Crippen LogP contribution in [-0.4, -0.2) is 33.3 Å². The van der Waals surface area contributed by atoms with Crippen molar-refractivity contribution in [1.29, 1.82) is 0 Å². The summed E-state index contributed by atoms with van der Waals surface area (Å²) in [6, 6.07) is 4.18. The molecule has 0 aliphatic carbocycles. The van der Waals surface area contributed by atoms with E-state index in [-0.39, 0.29) is 12.5 Å². The zero-order valence-corrected chi connectivity index (χ0v) is 11.5. The van der Waals surface area contributed by atoms with E-state index in [1.54, 1.807) is 7.11 Å². The number of carbonyl (C=O) groups excluding carboxylic acids is 1. The highest BCUT2D eigenvalue weighted by Gasteiger charge is 2.06. The SMILES string of the molecule is COC(=O)CNCCc1cc(C)c(C)cc1OC. The molecule has 18 heavy (non-hydrogen) atoms. The first-order valence-corrected chi connectivity index (χ1v) is 6.00. The summed E-state index contributed by atoms with van der Waals surface area (Å²) >= 11 is 0. The Balaban J connectivity index is 2.56. The fourth-order valence-corrected chi connectivity index (χ4v) is 1.72. The van der Waals surface area contributed by atoms with Gasteiger partial charge in [-0.15, -0.1) is 0 Å². The van der Waals surface area contributed by atoms with Crippen molar-refractivity contribution in [2.75, 3.05) is 27.3 Å². The third-order valence-electron chi connectivity index (χ3n) is 2.96. The molecule has 0 radical (unpaired) electrons. The van der Waals surface area contributed by atoms with Crippen LogP contribution in [0, 0.1) is 13.8 Å². The maximum Gasteiger partial charge on any atom is 0.319 e. The fraction of sp³-hybridized carbons (Fsp3) is 0.500. The van der Waals surface area contributed by atoms with Crippen LogP contribution in [0.4, 0.5) is 0 Å². The minimum atomic E-state index is -0.248. The molecular formula is C14H21NO3. The molecule has 0 atom stereocenters. The molecule has 0 bridgehead atoms. The number of benzene rings is 1. The molecule has 0 saturated heterocycles. The summed E-state index contributed by atoms with van der Waals surface area (Å²) in [4.78, 5) is 10.9. The van der Waals surface area contributed by atoms with Gasteiger partial charge in [0.05, 0.1) is 20.8 Å². The summed E-state index contributed by atoms with van der Waals surface area (Å²) < 4.78 is 9.92. The first-order valence-electron chi connectivity index (χ1n) is 6.00. The molecule has 4 heteroatoms. The lowest BCUT2D eigenvalue weighted by Crippen LogP contribution is -2.25. The largest absolute Gasteiger partial charge is 0.496 e. The van der Waals surface area contributed by atoms with Gasteiger partial charge in [0, 0.05) is 0 Å². The molecule has 1 aromatic carbocycles. The van der Waals surface area contributed by atoms with Gasteiger partial charge in [0.1, 0.15) is 5.75 Å². The Labute approximate surface area is 108 Å². The van der Waals surface area contributed by atoms with E-state index in [1.165, 1.54) is 18.2 Å². The Morgan fingerprint density at radius 2 is 1.89 bits per heavy atom. The van der Waals surface area contributed by atoms with Crippen LogP contribution in [0.5, 0.6) is 5.75 Å². The van der Waals surface area contributed by atoms with Gasteiger partial charge in [-0.2, -0.15) is 0 Å². The Morgan fingerprint density at radius 3 is 2.50 bits per heavy atom. The summed E-state index contributed by atoms with van der Waals surface area (Å²) in [5, 5.41) is 3.04. The molecule has 1 aromatic rings. The van der Waals surface area contributed by atoms with Crippen molar-refractivity contribution in [3.8, 4) is 5.75 Å². The van der Waals surface area contributed by atoms with Crippen molar-refractivity contribution in [1.82, 2.24) is 5.32 Å². The minimum Gasteiger partial charge on any atom is -0.496 e. The molecule has 0 fully saturated rings. The number of nitrogens with one attached hydrogen (secondary N) is 1. The molecule has 4 nitrogen and oxygen atoms in total. The van der Waals surface area contributed by atoms with Gasteiger partial charge in [-0.25, -0.2) is 0 Å². The zero-order chi connectivity index (χ0) is 13.5. The van der Waals surface area contributed by atoms with Crippen molar-refractivity contribution in [3.05, 3.63) is 28.8 Å². The van der Waals surface area contributed by atoms with E-state index in [1.807, 2.05) is 6.07 Å². The number of rotatable bonds is 6. The van der Waals surface area contributed by atoms with Gasteiger partial charge in [-0.05, 0) is 49.6 Å². The Bertz CT molecular complexity index is 416. The van der Waals surface area contributed by atoms with Crippen LogP contribution in [0.25, 0.3) is 0 Å². The molecule has 0 unspecified atom stereocenters. The first-order chi connectivity index (χ1) is 8.58. The molecule has 0 saturated carbocycles. The highest BCUT2D eigenvalue weighted by atomic mass is 16.5. The highest BCUT2D eigenvalue weighted by molar-refractivity contribution is 5.71. The molecule has 0 aliphatic heterocycles. The minimum absolute atomic E-state index is 0.240. The van der Waals surface area contributed by atoms with E-state index in [2.05, 4.69) is 30.0 Å². The highest BCUT2D eigenvalue weighted by Crippen LogP contribution is 2.23. The number of methoxy groups -OCH3 is 2. The zero-order valence-electron chi connectivity index (χ0n) is 11.5. The smallest absolute Gasteiger partial charge is 0.319 e. The maximum absolute atomic E-state index is 10.9. The van der Waals surface area contributed by atoms with E-state index in [0.29, 0.717) is 6.54 Å². The number of hydrogen-bond acceptors (Lipinski definition) is 4. The second kappa shape index (κ2) is 7.01. The molecule has 0 heterocycles. The summed E-state index contributed by atoms with van der Waals surface area (Å²) in [5.74, 6) is 0.653. The van der Waals surface area contributed by atoms with Crippen LogP contribution in [0.15, 0.2) is 12.1 Å². The molecule has 1 N–H and O–H groups in total. The van der Waals surface area contributed by atoms with Gasteiger partial charge >= 0.3 is 5.97 Å². The third kappa shape index (κ3) is 4.04. The molecule has 0 amide bonds. The van der Waals surface area contributed by atoms with Gasteiger partial charge in [0.2, 0.25) is 0 Å². The normalized spacial score (nSPS) is 10.2. The molecule has 0 aromatic heterocycles. The monoisotopic (exact) mass is 251 g/mol. The van der Waals surface area contributed by atoms with E-state index < -0.39 is 0 Å². The Kier molecular flexibility index (Phi) is 5.65. The molecule has 0 spiro atoms. The molecular weight excluding hydrogens is 230 g/mol. The summed E-state index contributed by atoms with van der Waals surface area (Å²) in [5.41, 5.74) is 3.62. The van der Waals surface area contributed by atoms with Crippen molar-refractivity contribution in [2.24, 2.45) is 0 Å². The summed E-state index contributed by atoms with van der Waals surface area (Å²) in [6.45, 7) is 5.11. The van der Waals surface area contributed by atoms with Crippen molar-refractivity contribution in [3.63, 3.8) is 0 Å². The van der Waals surface area contributed by atoms with Gasteiger partial charge in [0.25, 0.3) is 0 Å². The quantitative estimate of drug-likeness (QED) is 0.616. The second-order valence-corrected chi connectivity index (χ2v) is 4.25. The topological polar surface area (TPSA) is 47.6 Å². The van der Waals surface area contributed by atoms with Crippen LogP contribution in [-0.2, 0) is 16.0 Å². The molecule has 100 valence electrons. The summed E-state index contributed by atoms with van der Waals surface area (Å²) in [6.07, 6.45) is 0.821. The number of aryl methyl sites for hydroxylation is 2. The second-order valence-electron chi connectivity index (χ2n) is 4.25. The summed E-state index contributed by atoms with van der Waals surface area (Å²) in [7, 11) is 3.06. The van der Waals surface area contributed by atoms with Gasteiger partial charge in [-0.3, -0.25) is 4.79 Å². The van der Waals surface area contributed by atoms with Crippen molar-refractivity contribution < 1.29 is 14.3 Å². The van der Waals surface area contributed by atoms with Gasteiger partial charge in [-0.1, -0.05) is 6.07 Å². The van der Waals surface area contributed by atoms with Crippen molar-refractivity contribution in [2.45, 2.75) is 20.3 Å². The number of hydrogen-bond donors (Lipinski definition) is 1. The molecule has 0 aliphatic rings. The molecule has 1 rings (SSSR count). The first kappa shape index (κ1) is 14.5. The average molecular weight is 251 g/mol. The lowest BCUT2D eigenvalue weighted by Gasteiger charge is -2.12. The Morgan fingerprint density at radius 1 is 1.22 bits per heavy atom. The van der Waals surface area contributed by atoms with Gasteiger partial charge < -0.3 is 14.8 Å². The van der Waals surface area contributed by atoms with Crippen LogP contribution < -0.4 is 10.1 Å². The third-order valence-corrected chi connectivity index (χ3v) is 2.96. The van der Waals surface area contributed by atoms with E-state index in [4.69, 9.17) is 4.74 Å².